The van der Waals surface area contributed by atoms with Gasteiger partial charge >= 0.3 is 12.1 Å². The maximum Gasteiger partial charge on any atom is 0.329 e. The van der Waals surface area contributed by atoms with E-state index in [1.165, 1.54) is 19.6 Å². The predicted octanol–water partition coefficient (Wildman–Crippen LogP) is -0.490. The summed E-state index contributed by atoms with van der Waals surface area (Å²) in [6, 6.07) is -0.627. The number of fused-ring (bicyclic) bond motifs is 1. The molecule has 0 saturated carbocycles. The van der Waals surface area contributed by atoms with Gasteiger partial charge in [0.05, 0.1) is 0 Å². The largest absolute Gasteiger partial charge is 0.424 e. The average molecular weight is 326 g/mol. The molecule has 2 aliphatic heterocycles. The summed E-state index contributed by atoms with van der Waals surface area (Å²) in [5, 5.41) is 0. The molecular formula is C16H14N4O4. The number of carbonyl (C=O) groups excluding carboxylic acids is 2. The lowest BCUT2D eigenvalue weighted by atomic mass is 10.3. The van der Waals surface area contributed by atoms with E-state index >= 15 is 0 Å². The molecule has 0 aromatic carbocycles. The van der Waals surface area contributed by atoms with E-state index in [4.69, 9.17) is 22.3 Å². The molecule has 0 aromatic rings. The van der Waals surface area contributed by atoms with Gasteiger partial charge in [-0.1, -0.05) is 0 Å². The molecular weight excluding hydrogens is 312 g/mol. The van der Waals surface area contributed by atoms with E-state index in [1.54, 1.807) is 14.1 Å². The number of hydrogen-bond donors (Lipinski definition) is 0. The van der Waals surface area contributed by atoms with Crippen molar-refractivity contribution in [1.29, 1.82) is 0 Å². The van der Waals surface area contributed by atoms with Crippen LogP contribution < -0.4 is 0 Å². The van der Waals surface area contributed by atoms with Crippen molar-refractivity contribution < 1.29 is 19.1 Å². The monoisotopic (exact) mass is 326 g/mol. The molecule has 8 nitrogen and oxygen atoms in total. The van der Waals surface area contributed by atoms with Gasteiger partial charge in [0.2, 0.25) is 0 Å². The van der Waals surface area contributed by atoms with Crippen LogP contribution in [0.4, 0.5) is 9.59 Å². The molecule has 0 N–H and O–H groups in total. The fourth-order valence-corrected chi connectivity index (χ4v) is 2.60. The number of urea groups is 2. The van der Waals surface area contributed by atoms with Crippen LogP contribution in [0.1, 0.15) is 0 Å². The van der Waals surface area contributed by atoms with Crippen molar-refractivity contribution >= 4 is 12.1 Å². The normalized spacial score (nSPS) is 21.2. The zero-order chi connectivity index (χ0) is 17.7. The van der Waals surface area contributed by atoms with Crippen LogP contribution in [0.3, 0.4) is 0 Å². The van der Waals surface area contributed by atoms with Crippen LogP contribution in [0, 0.1) is 48.7 Å². The predicted molar refractivity (Wildman–Crippen MR) is 82.7 cm³/mol. The zero-order valence-electron chi connectivity index (χ0n) is 13.1. The van der Waals surface area contributed by atoms with Gasteiger partial charge in [-0.3, -0.25) is 9.80 Å². The van der Waals surface area contributed by atoms with E-state index in [2.05, 4.69) is 35.9 Å². The Morgan fingerprint density at radius 3 is 1.67 bits per heavy atom. The molecule has 2 atom stereocenters. The van der Waals surface area contributed by atoms with Crippen LogP contribution in [-0.4, -0.2) is 71.6 Å². The highest BCUT2D eigenvalue weighted by molar-refractivity contribution is 5.84. The lowest BCUT2D eigenvalue weighted by molar-refractivity contribution is 0.0632. The molecule has 2 heterocycles. The molecule has 0 aromatic heterocycles. The summed E-state index contributed by atoms with van der Waals surface area (Å²) in [4.78, 5) is 30.3. The standard InChI is InChI=1S/C16H14N4O4/c1-5-7-9-23-11-19-13-14(18(4)15(21)17(13)3)20(16(19)22)12-24-10-8-6-2/h1-2,13-14H,11-12H2,3-4H3. The summed E-state index contributed by atoms with van der Waals surface area (Å²) in [7, 11) is 3.19. The van der Waals surface area contributed by atoms with Crippen molar-refractivity contribution in [2.75, 3.05) is 27.6 Å². The van der Waals surface area contributed by atoms with Gasteiger partial charge in [-0.25, -0.2) is 9.59 Å². The number of ether oxygens (including phenoxy) is 2. The SMILES string of the molecule is C#CC#COCN1C(=O)N(COC#CC#C)C2C1N(C)C(=O)N2C. The second-order valence-electron chi connectivity index (χ2n) is 4.84. The summed E-state index contributed by atoms with van der Waals surface area (Å²) in [6.45, 7) is -0.292. The first-order chi connectivity index (χ1) is 11.5. The number of hydrogen-bond acceptors (Lipinski definition) is 4. The molecule has 2 fully saturated rings. The van der Waals surface area contributed by atoms with Gasteiger partial charge in [-0.15, -0.1) is 12.8 Å². The second-order valence-corrected chi connectivity index (χ2v) is 4.84. The van der Waals surface area contributed by atoms with Crippen molar-refractivity contribution in [3.05, 3.63) is 0 Å². The Labute approximate surface area is 140 Å². The van der Waals surface area contributed by atoms with E-state index < -0.39 is 12.3 Å². The maximum atomic E-state index is 12.6. The van der Waals surface area contributed by atoms with Crippen LogP contribution >= 0.6 is 0 Å². The van der Waals surface area contributed by atoms with Crippen LogP contribution in [0.2, 0.25) is 0 Å². The molecule has 24 heavy (non-hydrogen) atoms. The van der Waals surface area contributed by atoms with Gasteiger partial charge in [0.25, 0.3) is 0 Å². The number of amides is 4. The first kappa shape index (κ1) is 16.7. The molecule has 0 radical (unpaired) electrons. The lowest BCUT2D eigenvalue weighted by Crippen LogP contribution is -2.45. The maximum absolute atomic E-state index is 12.6. The van der Waals surface area contributed by atoms with Gasteiger partial charge < -0.3 is 19.3 Å². The number of likely N-dealkylation sites (N-methyl/N-ethyl adjacent to an activating group) is 2. The molecule has 4 amide bonds. The summed E-state index contributed by atoms with van der Waals surface area (Å²) in [5.41, 5.74) is 0. The van der Waals surface area contributed by atoms with Crippen molar-refractivity contribution in [2.24, 2.45) is 0 Å². The number of nitrogens with zero attached hydrogens (tertiary/aromatic N) is 4. The van der Waals surface area contributed by atoms with Crippen molar-refractivity contribution in [3.8, 4) is 48.7 Å². The van der Waals surface area contributed by atoms with Crippen LogP contribution in [0.25, 0.3) is 0 Å². The highest BCUT2D eigenvalue weighted by Crippen LogP contribution is 2.32. The van der Waals surface area contributed by atoms with E-state index in [-0.39, 0.29) is 25.5 Å². The van der Waals surface area contributed by atoms with Gasteiger partial charge in [0.1, 0.15) is 12.2 Å². The van der Waals surface area contributed by atoms with E-state index in [9.17, 15) is 9.59 Å². The van der Waals surface area contributed by atoms with Gasteiger partial charge in [0.15, 0.2) is 25.8 Å². The Kier molecular flexibility index (Phi) is 4.95. The van der Waals surface area contributed by atoms with E-state index in [0.717, 1.165) is 0 Å². The van der Waals surface area contributed by atoms with Crippen LogP contribution in [0.5, 0.6) is 0 Å². The Hall–Kier alpha value is -3.62. The summed E-state index contributed by atoms with van der Waals surface area (Å²) < 4.78 is 10.1. The molecule has 0 aliphatic carbocycles. The third-order valence-corrected chi connectivity index (χ3v) is 3.59. The van der Waals surface area contributed by atoms with E-state index in [1.807, 2.05) is 0 Å². The summed E-state index contributed by atoms with van der Waals surface area (Å²) in [5.74, 6) is 8.77. The topological polar surface area (TPSA) is 65.6 Å². The van der Waals surface area contributed by atoms with Gasteiger partial charge in [-0.05, 0) is 11.8 Å². The number of terminal acetylenes is 2. The third kappa shape index (κ3) is 2.82. The van der Waals surface area contributed by atoms with Gasteiger partial charge in [0, 0.05) is 25.9 Å². The Balaban J connectivity index is 2.20. The molecule has 122 valence electrons. The van der Waals surface area contributed by atoms with Gasteiger partial charge in [-0.2, -0.15) is 0 Å². The molecule has 0 bridgehead atoms. The highest BCUT2D eigenvalue weighted by Gasteiger charge is 2.57. The molecule has 2 unspecified atom stereocenters. The fraction of sp³-hybridized carbons (Fsp3) is 0.375. The van der Waals surface area contributed by atoms with Crippen LogP contribution in [-0.2, 0) is 9.47 Å². The van der Waals surface area contributed by atoms with Crippen LogP contribution in [0.15, 0.2) is 0 Å². The highest BCUT2D eigenvalue weighted by atomic mass is 16.5. The number of rotatable bonds is 4. The summed E-state index contributed by atoms with van der Waals surface area (Å²) in [6.07, 6.45) is 13.5. The van der Waals surface area contributed by atoms with Crippen molar-refractivity contribution in [1.82, 2.24) is 19.6 Å². The summed E-state index contributed by atoms with van der Waals surface area (Å²) >= 11 is 0. The first-order valence-electron chi connectivity index (χ1n) is 6.76. The zero-order valence-corrected chi connectivity index (χ0v) is 13.1. The third-order valence-electron chi connectivity index (χ3n) is 3.59. The van der Waals surface area contributed by atoms with Crippen molar-refractivity contribution in [2.45, 2.75) is 12.3 Å². The minimum atomic E-state index is -0.549. The molecule has 8 heteroatoms. The minimum absolute atomic E-state index is 0.146. The minimum Gasteiger partial charge on any atom is -0.424 e. The quantitative estimate of drug-likeness (QED) is 0.654. The smallest absolute Gasteiger partial charge is 0.329 e. The van der Waals surface area contributed by atoms with E-state index in [0.29, 0.717) is 0 Å². The molecule has 0 spiro atoms. The molecule has 2 aliphatic rings. The lowest BCUT2D eigenvalue weighted by Gasteiger charge is -2.25. The fourth-order valence-electron chi connectivity index (χ4n) is 2.60. The van der Waals surface area contributed by atoms with Crippen molar-refractivity contribution in [3.63, 3.8) is 0 Å². The first-order valence-corrected chi connectivity index (χ1v) is 6.76. The second kappa shape index (κ2) is 7.09. The Morgan fingerprint density at radius 1 is 0.875 bits per heavy atom. The Morgan fingerprint density at radius 2 is 1.29 bits per heavy atom. The number of carbonyl (C=O) groups is 2. The molecule has 2 saturated heterocycles. The molecule has 2 rings (SSSR count). The Bertz CT molecular complexity index is 682. The average Bonchev–Trinajstić information content (AvgIpc) is 2.97.